The van der Waals surface area contributed by atoms with Gasteiger partial charge in [-0.15, -0.1) is 0 Å². The Bertz CT molecular complexity index is 218. The number of rotatable bonds is 5. The summed E-state index contributed by atoms with van der Waals surface area (Å²) in [7, 11) is 0. The molecular weight excluding hydrogens is 232 g/mol. The van der Waals surface area contributed by atoms with Crippen LogP contribution in [0.5, 0.6) is 0 Å². The highest BCUT2D eigenvalue weighted by Crippen LogP contribution is 2.38. The standard InChI is InChI=1S/C18H34O/c19-14-8-13-17-11-6-3-7-12-18(17)15-16-9-4-1-2-5-10-16/h16-19H,1-15H2. The zero-order valence-corrected chi connectivity index (χ0v) is 12.8. The molecule has 1 heteroatoms. The van der Waals surface area contributed by atoms with Crippen LogP contribution >= 0.6 is 0 Å². The van der Waals surface area contributed by atoms with Crippen molar-refractivity contribution in [1.29, 1.82) is 0 Å². The molecule has 2 aliphatic rings. The molecule has 0 aromatic carbocycles. The third kappa shape index (κ3) is 5.45. The molecule has 0 aromatic rings. The summed E-state index contributed by atoms with van der Waals surface area (Å²) in [5.41, 5.74) is 0. The van der Waals surface area contributed by atoms with Gasteiger partial charge in [0.2, 0.25) is 0 Å². The molecule has 0 spiro atoms. The van der Waals surface area contributed by atoms with E-state index in [4.69, 9.17) is 5.11 Å². The van der Waals surface area contributed by atoms with Crippen molar-refractivity contribution in [3.63, 3.8) is 0 Å². The predicted molar refractivity (Wildman–Crippen MR) is 82.2 cm³/mol. The monoisotopic (exact) mass is 266 g/mol. The largest absolute Gasteiger partial charge is 0.396 e. The summed E-state index contributed by atoms with van der Waals surface area (Å²) in [5.74, 6) is 2.94. The second-order valence-corrected chi connectivity index (χ2v) is 7.12. The fraction of sp³-hybridized carbons (Fsp3) is 1.00. The molecule has 2 atom stereocenters. The number of hydrogen-bond donors (Lipinski definition) is 1. The summed E-state index contributed by atoms with van der Waals surface area (Å²) in [6, 6.07) is 0. The smallest absolute Gasteiger partial charge is 0.0431 e. The van der Waals surface area contributed by atoms with Crippen molar-refractivity contribution in [3.8, 4) is 0 Å². The van der Waals surface area contributed by atoms with E-state index in [2.05, 4.69) is 0 Å². The van der Waals surface area contributed by atoms with Crippen LogP contribution in [0.3, 0.4) is 0 Å². The van der Waals surface area contributed by atoms with Gasteiger partial charge in [0.1, 0.15) is 0 Å². The Morgan fingerprint density at radius 1 is 0.684 bits per heavy atom. The van der Waals surface area contributed by atoms with Crippen LogP contribution in [-0.4, -0.2) is 11.7 Å². The Morgan fingerprint density at radius 2 is 1.26 bits per heavy atom. The van der Waals surface area contributed by atoms with Crippen LogP contribution < -0.4 is 0 Å². The third-order valence-corrected chi connectivity index (χ3v) is 5.66. The van der Waals surface area contributed by atoms with Gasteiger partial charge in [0.15, 0.2) is 0 Å². The van der Waals surface area contributed by atoms with Crippen LogP contribution in [0, 0.1) is 17.8 Å². The van der Waals surface area contributed by atoms with Gasteiger partial charge in [-0.1, -0.05) is 70.6 Å². The van der Waals surface area contributed by atoms with Crippen LogP contribution in [0.25, 0.3) is 0 Å². The Labute approximate surface area is 120 Å². The summed E-state index contributed by atoms with van der Waals surface area (Å²) in [5, 5.41) is 9.11. The summed E-state index contributed by atoms with van der Waals surface area (Å²) in [6.07, 6.45) is 20.1. The minimum Gasteiger partial charge on any atom is -0.396 e. The van der Waals surface area contributed by atoms with Crippen LogP contribution in [-0.2, 0) is 0 Å². The summed E-state index contributed by atoms with van der Waals surface area (Å²) < 4.78 is 0. The molecule has 0 saturated heterocycles. The fourth-order valence-electron chi connectivity index (χ4n) is 4.53. The van der Waals surface area contributed by atoms with E-state index in [0.29, 0.717) is 6.61 Å². The van der Waals surface area contributed by atoms with E-state index < -0.39 is 0 Å². The second kappa shape index (κ2) is 9.00. The number of aliphatic hydroxyl groups excluding tert-OH is 1. The van der Waals surface area contributed by atoms with Crippen LogP contribution in [0.2, 0.25) is 0 Å². The van der Waals surface area contributed by atoms with E-state index in [1.807, 2.05) is 0 Å². The lowest BCUT2D eigenvalue weighted by Gasteiger charge is -2.28. The molecule has 2 fully saturated rings. The van der Waals surface area contributed by atoms with Gasteiger partial charge < -0.3 is 5.11 Å². The lowest BCUT2D eigenvalue weighted by Crippen LogP contribution is -2.18. The lowest BCUT2D eigenvalue weighted by molar-refractivity contribution is 0.205. The van der Waals surface area contributed by atoms with Gasteiger partial charge in [-0.3, -0.25) is 0 Å². The molecule has 0 amide bonds. The molecule has 2 aliphatic carbocycles. The minimum absolute atomic E-state index is 0.395. The topological polar surface area (TPSA) is 20.2 Å². The number of aliphatic hydroxyl groups is 1. The first-order valence-electron chi connectivity index (χ1n) is 9.01. The predicted octanol–water partition coefficient (Wildman–Crippen LogP) is 5.32. The zero-order valence-electron chi connectivity index (χ0n) is 12.8. The van der Waals surface area contributed by atoms with Crippen molar-refractivity contribution in [2.24, 2.45) is 17.8 Å². The normalized spacial score (nSPS) is 30.8. The Hall–Kier alpha value is -0.0400. The highest BCUT2D eigenvalue weighted by Gasteiger charge is 2.26. The van der Waals surface area contributed by atoms with Crippen LogP contribution in [0.4, 0.5) is 0 Å². The van der Waals surface area contributed by atoms with Gasteiger partial charge in [0.25, 0.3) is 0 Å². The van der Waals surface area contributed by atoms with Crippen LogP contribution in [0.1, 0.15) is 89.9 Å². The first kappa shape index (κ1) is 15.4. The molecule has 1 N–H and O–H groups in total. The summed E-state index contributed by atoms with van der Waals surface area (Å²) in [4.78, 5) is 0. The maximum absolute atomic E-state index is 9.11. The van der Waals surface area contributed by atoms with Crippen molar-refractivity contribution in [2.75, 3.05) is 6.61 Å². The highest BCUT2D eigenvalue weighted by atomic mass is 16.2. The second-order valence-electron chi connectivity index (χ2n) is 7.12. The zero-order chi connectivity index (χ0) is 13.3. The summed E-state index contributed by atoms with van der Waals surface area (Å²) in [6.45, 7) is 0.395. The molecule has 0 aliphatic heterocycles. The quantitative estimate of drug-likeness (QED) is 0.668. The molecule has 0 radical (unpaired) electrons. The molecule has 0 aromatic heterocycles. The minimum atomic E-state index is 0.395. The van der Waals surface area contributed by atoms with Gasteiger partial charge in [-0.25, -0.2) is 0 Å². The van der Waals surface area contributed by atoms with Crippen molar-refractivity contribution >= 4 is 0 Å². The molecule has 19 heavy (non-hydrogen) atoms. The number of hydrogen-bond acceptors (Lipinski definition) is 1. The lowest BCUT2D eigenvalue weighted by atomic mass is 9.77. The fourth-order valence-corrected chi connectivity index (χ4v) is 4.53. The van der Waals surface area contributed by atoms with Gasteiger partial charge in [-0.2, -0.15) is 0 Å². The maximum atomic E-state index is 9.11. The SMILES string of the molecule is OCCCC1CCCCCC1CC1CCCCCC1. The molecule has 2 saturated carbocycles. The van der Waals surface area contributed by atoms with Crippen molar-refractivity contribution in [3.05, 3.63) is 0 Å². The van der Waals surface area contributed by atoms with E-state index in [-0.39, 0.29) is 0 Å². The molecular formula is C18H34O. The first-order chi connectivity index (χ1) is 9.40. The molecule has 112 valence electrons. The highest BCUT2D eigenvalue weighted by molar-refractivity contribution is 4.78. The Morgan fingerprint density at radius 3 is 1.95 bits per heavy atom. The molecule has 2 rings (SSSR count). The van der Waals surface area contributed by atoms with Crippen LogP contribution in [0.15, 0.2) is 0 Å². The molecule has 1 nitrogen and oxygen atoms in total. The third-order valence-electron chi connectivity index (χ3n) is 5.66. The van der Waals surface area contributed by atoms with E-state index in [9.17, 15) is 0 Å². The van der Waals surface area contributed by atoms with E-state index in [1.54, 1.807) is 0 Å². The van der Waals surface area contributed by atoms with Gasteiger partial charge in [-0.05, 0) is 37.0 Å². The average Bonchev–Trinajstić information content (AvgIpc) is 2.80. The van der Waals surface area contributed by atoms with Crippen molar-refractivity contribution in [1.82, 2.24) is 0 Å². The van der Waals surface area contributed by atoms with E-state index >= 15 is 0 Å². The summed E-state index contributed by atoms with van der Waals surface area (Å²) >= 11 is 0. The average molecular weight is 266 g/mol. The van der Waals surface area contributed by atoms with E-state index in [1.165, 1.54) is 83.5 Å². The van der Waals surface area contributed by atoms with Gasteiger partial charge >= 0.3 is 0 Å². The molecule has 2 unspecified atom stereocenters. The molecule has 0 heterocycles. The van der Waals surface area contributed by atoms with Crippen molar-refractivity contribution in [2.45, 2.75) is 89.9 Å². The van der Waals surface area contributed by atoms with E-state index in [0.717, 1.165) is 24.2 Å². The van der Waals surface area contributed by atoms with Crippen molar-refractivity contribution < 1.29 is 5.11 Å². The Balaban J connectivity index is 1.84. The van der Waals surface area contributed by atoms with Gasteiger partial charge in [0.05, 0.1) is 0 Å². The Kier molecular flexibility index (Phi) is 7.27. The first-order valence-corrected chi connectivity index (χ1v) is 9.01. The van der Waals surface area contributed by atoms with Gasteiger partial charge in [0, 0.05) is 6.61 Å². The maximum Gasteiger partial charge on any atom is 0.0431 e. The molecule has 0 bridgehead atoms.